The fourth-order valence-electron chi connectivity index (χ4n) is 1.95. The normalized spacial score (nSPS) is 14.3. The summed E-state index contributed by atoms with van der Waals surface area (Å²) in [5.41, 5.74) is 0.343. The Labute approximate surface area is 125 Å². The molecule has 0 spiro atoms. The van der Waals surface area contributed by atoms with Crippen LogP contribution in [0.5, 0.6) is 0 Å². The van der Waals surface area contributed by atoms with Crippen LogP contribution >= 0.6 is 11.6 Å². The number of nitrogens with zero attached hydrogens (tertiary/aromatic N) is 3. The molecule has 7 nitrogen and oxygen atoms in total. The summed E-state index contributed by atoms with van der Waals surface area (Å²) in [6.45, 7) is 0.780. The lowest BCUT2D eigenvalue weighted by atomic mass is 10.2. The second-order valence-corrected chi connectivity index (χ2v) is 5.37. The Hall–Kier alpha value is -1.99. The lowest BCUT2D eigenvalue weighted by Gasteiger charge is -1.99. The predicted octanol–water partition coefficient (Wildman–Crippen LogP) is 2.59. The van der Waals surface area contributed by atoms with Crippen molar-refractivity contribution in [1.29, 1.82) is 0 Å². The van der Waals surface area contributed by atoms with Gasteiger partial charge in [0.1, 0.15) is 0 Å². The van der Waals surface area contributed by atoms with Crippen LogP contribution in [-0.2, 0) is 6.42 Å². The maximum absolute atomic E-state index is 10.8. The minimum atomic E-state index is -0.508. The van der Waals surface area contributed by atoms with Crippen molar-refractivity contribution in [3.63, 3.8) is 0 Å². The first-order valence-corrected chi connectivity index (χ1v) is 7.01. The molecule has 1 heterocycles. The van der Waals surface area contributed by atoms with Gasteiger partial charge in [-0.25, -0.2) is 0 Å². The van der Waals surface area contributed by atoms with E-state index in [0.717, 1.165) is 6.54 Å². The molecule has 0 amide bonds. The molecule has 1 aliphatic rings. The number of hydrogen-bond donors (Lipinski definition) is 1. The maximum Gasteiger partial charge on any atom is 0.271 e. The number of halogens is 1. The van der Waals surface area contributed by atoms with E-state index in [9.17, 15) is 10.1 Å². The van der Waals surface area contributed by atoms with E-state index in [4.69, 9.17) is 16.0 Å². The molecule has 0 bridgehead atoms. The lowest BCUT2D eigenvalue weighted by molar-refractivity contribution is -0.384. The zero-order valence-corrected chi connectivity index (χ0v) is 11.8. The van der Waals surface area contributed by atoms with Crippen molar-refractivity contribution in [2.24, 2.45) is 0 Å². The molecule has 1 aliphatic carbocycles. The molecule has 1 fully saturated rings. The number of hydrogen-bond acceptors (Lipinski definition) is 6. The van der Waals surface area contributed by atoms with Crippen LogP contribution in [0.2, 0.25) is 5.02 Å². The van der Waals surface area contributed by atoms with Crippen molar-refractivity contribution in [3.05, 3.63) is 39.2 Å². The third-order valence-electron chi connectivity index (χ3n) is 3.16. The van der Waals surface area contributed by atoms with Crippen molar-refractivity contribution >= 4 is 17.3 Å². The smallest absolute Gasteiger partial charge is 0.271 e. The molecular weight excluding hydrogens is 296 g/mol. The van der Waals surface area contributed by atoms with E-state index in [1.165, 1.54) is 25.0 Å². The Balaban J connectivity index is 1.73. The van der Waals surface area contributed by atoms with Gasteiger partial charge in [0.05, 0.1) is 4.92 Å². The molecule has 8 heteroatoms. The first-order chi connectivity index (χ1) is 10.1. The van der Waals surface area contributed by atoms with E-state index in [2.05, 4.69) is 15.5 Å². The molecule has 0 atom stereocenters. The van der Waals surface area contributed by atoms with Gasteiger partial charge < -0.3 is 9.73 Å². The molecular formula is C13H13ClN4O3. The number of rotatable bonds is 6. The minimum absolute atomic E-state index is 0.104. The quantitative estimate of drug-likeness (QED) is 0.651. The number of non-ortho nitro benzene ring substituents is 1. The van der Waals surface area contributed by atoms with Crippen LogP contribution in [0.15, 0.2) is 22.6 Å². The van der Waals surface area contributed by atoms with Gasteiger partial charge in [-0.15, -0.1) is 10.2 Å². The van der Waals surface area contributed by atoms with Gasteiger partial charge in [0, 0.05) is 41.7 Å². The molecule has 21 heavy (non-hydrogen) atoms. The van der Waals surface area contributed by atoms with E-state index in [1.807, 2.05) is 0 Å². The van der Waals surface area contributed by atoms with Gasteiger partial charge in [-0.3, -0.25) is 10.1 Å². The second kappa shape index (κ2) is 5.79. The topological polar surface area (TPSA) is 94.1 Å². The van der Waals surface area contributed by atoms with Crippen molar-refractivity contribution in [2.45, 2.75) is 25.3 Å². The van der Waals surface area contributed by atoms with Gasteiger partial charge >= 0.3 is 0 Å². The number of benzene rings is 1. The van der Waals surface area contributed by atoms with E-state index in [1.54, 1.807) is 6.07 Å². The molecule has 110 valence electrons. The van der Waals surface area contributed by atoms with E-state index in [-0.39, 0.29) is 16.6 Å². The number of aromatic nitrogens is 2. The standard InChI is InChI=1S/C13H13ClN4O3/c14-9-5-8(6-11(7-9)18(19)20)13-17-16-12(21-13)3-4-15-10-1-2-10/h5-7,10,15H,1-4H2. The van der Waals surface area contributed by atoms with Crippen LogP contribution in [0.1, 0.15) is 18.7 Å². The number of nitro benzene ring substituents is 1. The molecule has 1 aromatic heterocycles. The highest BCUT2D eigenvalue weighted by atomic mass is 35.5. The Morgan fingerprint density at radius 2 is 2.19 bits per heavy atom. The molecule has 1 saturated carbocycles. The molecule has 0 aliphatic heterocycles. The number of nitrogens with one attached hydrogen (secondary N) is 1. The zero-order chi connectivity index (χ0) is 14.8. The minimum Gasteiger partial charge on any atom is -0.421 e. The fraction of sp³-hybridized carbons (Fsp3) is 0.385. The average Bonchev–Trinajstić information content (AvgIpc) is 3.14. The van der Waals surface area contributed by atoms with Gasteiger partial charge in [-0.1, -0.05) is 11.6 Å². The van der Waals surface area contributed by atoms with E-state index >= 15 is 0 Å². The second-order valence-electron chi connectivity index (χ2n) is 4.93. The Bertz CT molecular complexity index is 669. The molecule has 0 radical (unpaired) electrons. The summed E-state index contributed by atoms with van der Waals surface area (Å²) in [4.78, 5) is 10.3. The Morgan fingerprint density at radius 1 is 1.38 bits per heavy atom. The van der Waals surface area contributed by atoms with Crippen molar-refractivity contribution in [1.82, 2.24) is 15.5 Å². The summed E-state index contributed by atoms with van der Waals surface area (Å²) in [7, 11) is 0. The third-order valence-corrected chi connectivity index (χ3v) is 3.37. The Kier molecular flexibility index (Phi) is 3.85. The summed E-state index contributed by atoms with van der Waals surface area (Å²) in [5.74, 6) is 0.739. The summed E-state index contributed by atoms with van der Waals surface area (Å²) >= 11 is 5.87. The largest absolute Gasteiger partial charge is 0.421 e. The SMILES string of the molecule is O=[N+]([O-])c1cc(Cl)cc(-c2nnc(CCNC3CC3)o2)c1. The van der Waals surface area contributed by atoms with E-state index < -0.39 is 4.92 Å². The van der Waals surface area contributed by atoms with Gasteiger partial charge in [-0.05, 0) is 18.9 Å². The highest BCUT2D eigenvalue weighted by Crippen LogP contribution is 2.27. The average molecular weight is 309 g/mol. The highest BCUT2D eigenvalue weighted by Gasteiger charge is 2.20. The molecule has 3 rings (SSSR count). The number of nitro groups is 1. The van der Waals surface area contributed by atoms with Crippen LogP contribution < -0.4 is 5.32 Å². The van der Waals surface area contributed by atoms with Crippen LogP contribution in [0, 0.1) is 10.1 Å². The van der Waals surface area contributed by atoms with Crippen molar-refractivity contribution in [3.8, 4) is 11.5 Å². The summed E-state index contributed by atoms with van der Waals surface area (Å²) in [5, 5.41) is 22.3. The molecule has 1 N–H and O–H groups in total. The first kappa shape index (κ1) is 14.0. The van der Waals surface area contributed by atoms with E-state index in [0.29, 0.717) is 23.9 Å². The third kappa shape index (κ3) is 3.56. The summed E-state index contributed by atoms with van der Waals surface area (Å²) in [6.07, 6.45) is 3.08. The molecule has 2 aromatic rings. The van der Waals surface area contributed by atoms with Crippen LogP contribution in [0.3, 0.4) is 0 Å². The van der Waals surface area contributed by atoms with Gasteiger partial charge in [-0.2, -0.15) is 0 Å². The monoisotopic (exact) mass is 308 g/mol. The Morgan fingerprint density at radius 3 is 2.90 bits per heavy atom. The first-order valence-electron chi connectivity index (χ1n) is 6.63. The molecule has 0 saturated heterocycles. The van der Waals surface area contributed by atoms with Gasteiger partial charge in [0.2, 0.25) is 11.8 Å². The molecule has 1 aromatic carbocycles. The van der Waals surface area contributed by atoms with Crippen LogP contribution in [-0.4, -0.2) is 27.7 Å². The summed E-state index contributed by atoms with van der Waals surface area (Å²) < 4.78 is 5.52. The van der Waals surface area contributed by atoms with Gasteiger partial charge in [0.25, 0.3) is 5.69 Å². The summed E-state index contributed by atoms with van der Waals surface area (Å²) in [6, 6.07) is 4.84. The molecule has 0 unspecified atom stereocenters. The fourth-order valence-corrected chi connectivity index (χ4v) is 2.17. The van der Waals surface area contributed by atoms with Crippen molar-refractivity contribution < 1.29 is 9.34 Å². The van der Waals surface area contributed by atoms with Crippen molar-refractivity contribution in [2.75, 3.05) is 6.54 Å². The highest BCUT2D eigenvalue weighted by molar-refractivity contribution is 6.31. The van der Waals surface area contributed by atoms with Crippen LogP contribution in [0.25, 0.3) is 11.5 Å². The predicted molar refractivity (Wildman–Crippen MR) is 76.1 cm³/mol. The van der Waals surface area contributed by atoms with Gasteiger partial charge in [0.15, 0.2) is 0 Å². The zero-order valence-electron chi connectivity index (χ0n) is 11.1. The van der Waals surface area contributed by atoms with Crippen LogP contribution in [0.4, 0.5) is 5.69 Å². The lowest BCUT2D eigenvalue weighted by Crippen LogP contribution is -2.19. The maximum atomic E-state index is 10.8.